The van der Waals surface area contributed by atoms with Gasteiger partial charge in [0.25, 0.3) is 0 Å². The Morgan fingerprint density at radius 2 is 2.33 bits per heavy atom. The minimum atomic E-state index is -0.274. The zero-order chi connectivity index (χ0) is 7.28. The molecule has 0 heterocycles. The molecule has 9 heavy (non-hydrogen) atoms. The van der Waals surface area contributed by atoms with Crippen molar-refractivity contribution in [2.24, 2.45) is 11.5 Å². The van der Waals surface area contributed by atoms with E-state index in [4.69, 9.17) is 11.5 Å². The predicted octanol–water partition coefficient (Wildman–Crippen LogP) is -1.24. The van der Waals surface area contributed by atoms with Gasteiger partial charge in [0.15, 0.2) is 0 Å². The van der Waals surface area contributed by atoms with Crippen molar-refractivity contribution in [3.63, 3.8) is 0 Å². The summed E-state index contributed by atoms with van der Waals surface area (Å²) in [4.78, 5) is 10.6. The van der Waals surface area contributed by atoms with E-state index >= 15 is 0 Å². The lowest BCUT2D eigenvalue weighted by atomic mass is 10.4. The first kappa shape index (κ1) is 8.39. The van der Waals surface area contributed by atoms with Crippen LogP contribution in [0.15, 0.2) is 0 Å². The summed E-state index contributed by atoms with van der Waals surface area (Å²) < 4.78 is 0. The summed E-state index contributed by atoms with van der Waals surface area (Å²) >= 11 is 0. The Bertz CT molecular complexity index is 92.2. The number of hydrogen-bond donors (Lipinski definition) is 3. The zero-order valence-corrected chi connectivity index (χ0v) is 5.55. The van der Waals surface area contributed by atoms with E-state index in [0.29, 0.717) is 13.0 Å². The fourth-order valence-corrected chi connectivity index (χ4v) is 0.457. The van der Waals surface area contributed by atoms with Crippen molar-refractivity contribution < 1.29 is 4.79 Å². The molecule has 0 saturated heterocycles. The van der Waals surface area contributed by atoms with Gasteiger partial charge in [0.05, 0.1) is 6.17 Å². The van der Waals surface area contributed by atoms with Crippen molar-refractivity contribution in [1.82, 2.24) is 5.32 Å². The van der Waals surface area contributed by atoms with Crippen LogP contribution in [0.1, 0.15) is 13.3 Å². The predicted molar refractivity (Wildman–Crippen MR) is 35.5 cm³/mol. The average molecular weight is 131 g/mol. The molecule has 0 aromatic heterocycles. The van der Waals surface area contributed by atoms with Crippen LogP contribution in [0.2, 0.25) is 0 Å². The number of rotatable bonds is 3. The number of nitrogens with two attached hydrogens (primary N) is 2. The van der Waals surface area contributed by atoms with E-state index < -0.39 is 0 Å². The molecule has 5 N–H and O–H groups in total. The summed E-state index contributed by atoms with van der Waals surface area (Å²) in [5.74, 6) is -0.0903. The Labute approximate surface area is 54.6 Å². The SMILES string of the molecule is CC(N)NC(=O)CCN. The van der Waals surface area contributed by atoms with Crippen LogP contribution in [-0.2, 0) is 4.79 Å². The summed E-state index contributed by atoms with van der Waals surface area (Å²) in [6.45, 7) is 2.08. The molecule has 0 fully saturated rings. The summed E-state index contributed by atoms with van der Waals surface area (Å²) in [6, 6.07) is 0. The topological polar surface area (TPSA) is 81.1 Å². The van der Waals surface area contributed by atoms with E-state index in [0.717, 1.165) is 0 Å². The molecule has 1 atom stereocenters. The molecule has 0 aliphatic carbocycles. The lowest BCUT2D eigenvalue weighted by Crippen LogP contribution is -2.39. The van der Waals surface area contributed by atoms with Crippen molar-refractivity contribution in [3.8, 4) is 0 Å². The highest BCUT2D eigenvalue weighted by molar-refractivity contribution is 5.76. The number of nitrogens with one attached hydrogen (secondary N) is 1. The number of carbonyl (C=O) groups is 1. The fourth-order valence-electron chi connectivity index (χ4n) is 0.457. The molecule has 0 aliphatic rings. The van der Waals surface area contributed by atoms with Gasteiger partial charge in [-0.15, -0.1) is 0 Å². The van der Waals surface area contributed by atoms with Gasteiger partial charge in [0.2, 0.25) is 5.91 Å². The van der Waals surface area contributed by atoms with Gasteiger partial charge in [-0.3, -0.25) is 4.79 Å². The van der Waals surface area contributed by atoms with Crippen LogP contribution in [-0.4, -0.2) is 18.6 Å². The van der Waals surface area contributed by atoms with Crippen molar-refractivity contribution in [1.29, 1.82) is 0 Å². The molecule has 0 aromatic rings. The van der Waals surface area contributed by atoms with Gasteiger partial charge in [-0.2, -0.15) is 0 Å². The molecule has 1 amide bonds. The van der Waals surface area contributed by atoms with Gasteiger partial charge >= 0.3 is 0 Å². The second-order valence-corrected chi connectivity index (χ2v) is 1.89. The van der Waals surface area contributed by atoms with Gasteiger partial charge < -0.3 is 16.8 Å². The van der Waals surface area contributed by atoms with Crippen LogP contribution < -0.4 is 16.8 Å². The number of hydrogen-bond acceptors (Lipinski definition) is 3. The smallest absolute Gasteiger partial charge is 0.222 e. The molecule has 0 aromatic carbocycles. The van der Waals surface area contributed by atoms with Crippen molar-refractivity contribution >= 4 is 5.91 Å². The molecule has 1 unspecified atom stereocenters. The molecular formula is C5H13N3O. The second-order valence-electron chi connectivity index (χ2n) is 1.89. The summed E-state index contributed by atoms with van der Waals surface area (Å²) in [5, 5.41) is 2.50. The zero-order valence-electron chi connectivity index (χ0n) is 5.55. The van der Waals surface area contributed by atoms with E-state index in [-0.39, 0.29) is 12.1 Å². The van der Waals surface area contributed by atoms with Crippen LogP contribution in [0.25, 0.3) is 0 Å². The van der Waals surface area contributed by atoms with Gasteiger partial charge in [0.1, 0.15) is 0 Å². The largest absolute Gasteiger partial charge is 0.341 e. The Kier molecular flexibility index (Phi) is 4.00. The molecule has 54 valence electrons. The highest BCUT2D eigenvalue weighted by atomic mass is 16.1. The molecule has 0 spiro atoms. The minimum Gasteiger partial charge on any atom is -0.341 e. The Balaban J connectivity index is 3.27. The van der Waals surface area contributed by atoms with E-state index in [2.05, 4.69) is 5.32 Å². The van der Waals surface area contributed by atoms with Crippen LogP contribution in [0, 0.1) is 0 Å². The molecule has 4 heteroatoms. The quantitative estimate of drug-likeness (QED) is 0.419. The van der Waals surface area contributed by atoms with Crippen LogP contribution in [0.3, 0.4) is 0 Å². The summed E-state index contributed by atoms with van der Waals surface area (Å²) in [6.07, 6.45) is 0.0747. The first-order chi connectivity index (χ1) is 4.16. The first-order valence-electron chi connectivity index (χ1n) is 2.92. The third-order valence-electron chi connectivity index (χ3n) is 0.760. The van der Waals surface area contributed by atoms with Gasteiger partial charge in [-0.1, -0.05) is 0 Å². The monoisotopic (exact) mass is 131 g/mol. The van der Waals surface area contributed by atoms with Crippen LogP contribution >= 0.6 is 0 Å². The first-order valence-corrected chi connectivity index (χ1v) is 2.92. The molecule has 0 radical (unpaired) electrons. The van der Waals surface area contributed by atoms with Gasteiger partial charge in [-0.05, 0) is 6.92 Å². The minimum absolute atomic E-state index is 0.0903. The van der Waals surface area contributed by atoms with E-state index in [1.54, 1.807) is 6.92 Å². The molecule has 0 saturated carbocycles. The Morgan fingerprint density at radius 3 is 2.67 bits per heavy atom. The maximum absolute atomic E-state index is 10.6. The van der Waals surface area contributed by atoms with E-state index in [1.165, 1.54) is 0 Å². The summed E-state index contributed by atoms with van der Waals surface area (Å²) in [5.41, 5.74) is 10.4. The van der Waals surface area contributed by atoms with E-state index in [9.17, 15) is 4.79 Å². The van der Waals surface area contributed by atoms with E-state index in [1.807, 2.05) is 0 Å². The second kappa shape index (κ2) is 4.29. The van der Waals surface area contributed by atoms with Crippen LogP contribution in [0.5, 0.6) is 0 Å². The maximum Gasteiger partial charge on any atom is 0.222 e. The lowest BCUT2D eigenvalue weighted by Gasteiger charge is -2.05. The fraction of sp³-hybridized carbons (Fsp3) is 0.800. The third kappa shape index (κ3) is 5.26. The van der Waals surface area contributed by atoms with Crippen molar-refractivity contribution in [3.05, 3.63) is 0 Å². The lowest BCUT2D eigenvalue weighted by molar-refractivity contribution is -0.121. The third-order valence-corrected chi connectivity index (χ3v) is 0.760. The molecular weight excluding hydrogens is 118 g/mol. The Morgan fingerprint density at radius 1 is 1.78 bits per heavy atom. The maximum atomic E-state index is 10.6. The number of carbonyl (C=O) groups excluding carboxylic acids is 1. The molecule has 0 aliphatic heterocycles. The molecule has 4 nitrogen and oxygen atoms in total. The van der Waals surface area contributed by atoms with Crippen molar-refractivity contribution in [2.75, 3.05) is 6.54 Å². The normalized spacial score (nSPS) is 12.8. The summed E-state index contributed by atoms with van der Waals surface area (Å²) in [7, 11) is 0. The standard InChI is InChI=1S/C5H13N3O/c1-4(7)8-5(9)2-3-6/h4H,2-3,6-7H2,1H3,(H,8,9). The van der Waals surface area contributed by atoms with Gasteiger partial charge in [0, 0.05) is 13.0 Å². The average Bonchev–Trinajstić information content (AvgIpc) is 1.63. The van der Waals surface area contributed by atoms with Gasteiger partial charge in [-0.25, -0.2) is 0 Å². The van der Waals surface area contributed by atoms with Crippen molar-refractivity contribution in [2.45, 2.75) is 19.5 Å². The van der Waals surface area contributed by atoms with Crippen LogP contribution in [0.4, 0.5) is 0 Å². The Hall–Kier alpha value is -0.610. The molecule has 0 rings (SSSR count). The number of amides is 1. The highest BCUT2D eigenvalue weighted by Gasteiger charge is 1.99. The highest BCUT2D eigenvalue weighted by Crippen LogP contribution is 1.74. The molecule has 0 bridgehead atoms.